The molecular formula is C23H19N3O2. The molecule has 1 unspecified atom stereocenters. The van der Waals surface area contributed by atoms with Crippen molar-refractivity contribution < 1.29 is 10.4 Å². The van der Waals surface area contributed by atoms with Gasteiger partial charge in [0.1, 0.15) is 0 Å². The Bertz CT molecular complexity index is 1110. The molecule has 1 atom stereocenters. The normalized spacial score (nSPS) is 12.7. The number of rotatable bonds is 5. The van der Waals surface area contributed by atoms with Gasteiger partial charge >= 0.3 is 0 Å². The maximum absolute atomic E-state index is 11.1. The third-order valence-corrected chi connectivity index (χ3v) is 4.50. The molecule has 0 radical (unpaired) electrons. The van der Waals surface area contributed by atoms with E-state index in [1.54, 1.807) is 24.3 Å². The topological polar surface area (TPSA) is 72.1 Å². The van der Waals surface area contributed by atoms with Crippen LogP contribution < -0.4 is 10.7 Å². The lowest BCUT2D eigenvalue weighted by molar-refractivity contribution is -0.991. The first-order valence-corrected chi connectivity index (χ1v) is 8.92. The third kappa shape index (κ3) is 3.92. The highest BCUT2D eigenvalue weighted by atomic mass is 16.8. The van der Waals surface area contributed by atoms with Crippen LogP contribution >= 0.6 is 0 Å². The molecule has 3 N–H and O–H groups in total. The number of nitrogens with one attached hydrogen (secondary N) is 2. The minimum Gasteiger partial charge on any atom is -0.595 e. The minimum atomic E-state index is -0.945. The Labute approximate surface area is 162 Å². The largest absolute Gasteiger partial charge is 0.595 e. The predicted octanol–water partition coefficient (Wildman–Crippen LogP) is 4.11. The molecule has 5 nitrogen and oxygen atoms in total. The number of hydrogen-bond donors (Lipinski definition) is 3. The van der Waals surface area contributed by atoms with E-state index in [1.807, 2.05) is 48.5 Å². The van der Waals surface area contributed by atoms with E-state index in [1.165, 1.54) is 5.39 Å². The average molecular weight is 369 g/mol. The van der Waals surface area contributed by atoms with Gasteiger partial charge in [-0.3, -0.25) is 5.43 Å². The molecule has 0 aliphatic heterocycles. The average Bonchev–Trinajstić information content (AvgIpc) is 2.75. The van der Waals surface area contributed by atoms with Crippen LogP contribution in [0.1, 0.15) is 11.1 Å². The molecule has 0 aromatic heterocycles. The van der Waals surface area contributed by atoms with Gasteiger partial charge < -0.3 is 5.21 Å². The zero-order valence-corrected chi connectivity index (χ0v) is 15.0. The molecule has 0 spiro atoms. The molecule has 0 heterocycles. The van der Waals surface area contributed by atoms with Crippen molar-refractivity contribution >= 4 is 27.9 Å². The summed E-state index contributed by atoms with van der Waals surface area (Å²) in [6, 6.07) is 30.8. The van der Waals surface area contributed by atoms with Crippen LogP contribution in [0.5, 0.6) is 0 Å². The molecule has 28 heavy (non-hydrogen) atoms. The molecule has 0 saturated heterocycles. The van der Waals surface area contributed by atoms with E-state index >= 15 is 0 Å². The highest BCUT2D eigenvalue weighted by molar-refractivity contribution is 6.13. The lowest BCUT2D eigenvalue weighted by Crippen LogP contribution is -2.99. The van der Waals surface area contributed by atoms with Gasteiger partial charge in [0.15, 0.2) is 5.69 Å². The summed E-state index contributed by atoms with van der Waals surface area (Å²) in [6.07, 6.45) is 0. The van der Waals surface area contributed by atoms with E-state index in [-0.39, 0.29) is 5.69 Å². The van der Waals surface area contributed by atoms with Crippen LogP contribution in [0.3, 0.4) is 0 Å². The summed E-state index contributed by atoms with van der Waals surface area (Å²) in [5, 5.41) is 26.2. The second-order valence-electron chi connectivity index (χ2n) is 6.38. The van der Waals surface area contributed by atoms with Crippen molar-refractivity contribution in [2.24, 2.45) is 5.10 Å². The number of nitrogens with zero attached hydrogens (tertiary/aromatic N) is 1. The SMILES string of the molecule is [O-][NH+](O)c1ccc(C(=NNc2ccc3ccccc3c2)c2ccccc2)cc1. The fraction of sp³-hybridized carbons (Fsp3) is 0. The molecule has 0 amide bonds. The first-order chi connectivity index (χ1) is 13.7. The van der Waals surface area contributed by atoms with E-state index in [2.05, 4.69) is 34.8 Å². The van der Waals surface area contributed by atoms with Crippen molar-refractivity contribution in [2.75, 3.05) is 5.43 Å². The van der Waals surface area contributed by atoms with Crippen molar-refractivity contribution in [3.63, 3.8) is 0 Å². The van der Waals surface area contributed by atoms with Gasteiger partial charge in [-0.2, -0.15) is 10.3 Å². The van der Waals surface area contributed by atoms with Crippen LogP contribution in [0.15, 0.2) is 102 Å². The smallest absolute Gasteiger partial charge is 0.163 e. The van der Waals surface area contributed by atoms with Gasteiger partial charge in [-0.25, -0.2) is 5.21 Å². The number of quaternary nitrogens is 1. The first-order valence-electron chi connectivity index (χ1n) is 8.92. The lowest BCUT2D eigenvalue weighted by atomic mass is 10.0. The minimum absolute atomic E-state index is 0.249. The predicted molar refractivity (Wildman–Crippen MR) is 112 cm³/mol. The quantitative estimate of drug-likeness (QED) is 0.366. The van der Waals surface area contributed by atoms with E-state index in [9.17, 15) is 5.21 Å². The highest BCUT2D eigenvalue weighted by Crippen LogP contribution is 2.20. The summed E-state index contributed by atoms with van der Waals surface area (Å²) in [4.78, 5) is 0. The summed E-state index contributed by atoms with van der Waals surface area (Å²) in [5.41, 5.74) is 6.80. The van der Waals surface area contributed by atoms with Crippen molar-refractivity contribution in [1.29, 1.82) is 0 Å². The maximum atomic E-state index is 11.1. The summed E-state index contributed by atoms with van der Waals surface area (Å²) >= 11 is 0. The van der Waals surface area contributed by atoms with Gasteiger partial charge in [0, 0.05) is 23.3 Å². The number of anilines is 1. The molecule has 5 heteroatoms. The summed E-state index contributed by atoms with van der Waals surface area (Å²) < 4.78 is 0. The molecule has 0 aliphatic carbocycles. The number of hydrazone groups is 1. The molecule has 138 valence electrons. The highest BCUT2D eigenvalue weighted by Gasteiger charge is 2.09. The van der Waals surface area contributed by atoms with Gasteiger partial charge in [-0.1, -0.05) is 60.7 Å². The fourth-order valence-electron chi connectivity index (χ4n) is 3.04. The second-order valence-corrected chi connectivity index (χ2v) is 6.38. The van der Waals surface area contributed by atoms with E-state index in [0.29, 0.717) is 0 Å². The van der Waals surface area contributed by atoms with Crippen LogP contribution in [0.25, 0.3) is 10.8 Å². The summed E-state index contributed by atoms with van der Waals surface area (Å²) in [7, 11) is 0. The zero-order chi connectivity index (χ0) is 19.3. The van der Waals surface area contributed by atoms with E-state index in [4.69, 9.17) is 5.21 Å². The second kappa shape index (κ2) is 8.02. The van der Waals surface area contributed by atoms with E-state index < -0.39 is 5.23 Å². The number of fused-ring (bicyclic) bond motifs is 1. The van der Waals surface area contributed by atoms with Crippen LogP contribution in [0.4, 0.5) is 11.4 Å². The monoisotopic (exact) mass is 369 g/mol. The Kier molecular flexibility index (Phi) is 5.12. The lowest BCUT2D eigenvalue weighted by Gasteiger charge is -2.13. The Balaban J connectivity index is 1.70. The van der Waals surface area contributed by atoms with E-state index in [0.717, 1.165) is 27.9 Å². The molecule has 0 aliphatic rings. The Morgan fingerprint density at radius 2 is 1.39 bits per heavy atom. The van der Waals surface area contributed by atoms with Gasteiger partial charge in [0.2, 0.25) is 0 Å². The number of hydrogen-bond acceptors (Lipinski definition) is 4. The van der Waals surface area contributed by atoms with Crippen molar-refractivity contribution in [3.8, 4) is 0 Å². The van der Waals surface area contributed by atoms with Crippen molar-refractivity contribution in [3.05, 3.63) is 113 Å². The molecule has 4 aromatic rings. The zero-order valence-electron chi connectivity index (χ0n) is 15.0. The standard InChI is InChI=1S/C23H19N3O2/c27-26(28)22-14-11-19(12-15-22)23(18-7-2-1-3-8-18)25-24-21-13-10-17-6-4-5-9-20(17)16-21/h1-16,24,26-27H. The molecule has 0 saturated carbocycles. The molecule has 4 aromatic carbocycles. The molecular weight excluding hydrogens is 350 g/mol. The van der Waals surface area contributed by atoms with Crippen LogP contribution in [0, 0.1) is 5.21 Å². The number of benzene rings is 4. The van der Waals surface area contributed by atoms with Crippen LogP contribution in [-0.2, 0) is 0 Å². The first kappa shape index (κ1) is 17.9. The van der Waals surface area contributed by atoms with Crippen LogP contribution in [-0.4, -0.2) is 10.9 Å². The van der Waals surface area contributed by atoms with Gasteiger partial charge in [-0.05, 0) is 35.0 Å². The fourth-order valence-corrected chi connectivity index (χ4v) is 3.04. The van der Waals surface area contributed by atoms with Gasteiger partial charge in [0.25, 0.3) is 0 Å². The third-order valence-electron chi connectivity index (χ3n) is 4.50. The molecule has 0 fully saturated rings. The Hall–Kier alpha value is -3.51. The summed E-state index contributed by atoms with van der Waals surface area (Å²) in [5.74, 6) is 0. The summed E-state index contributed by atoms with van der Waals surface area (Å²) in [6.45, 7) is 0. The van der Waals surface area contributed by atoms with Crippen molar-refractivity contribution in [2.45, 2.75) is 0 Å². The van der Waals surface area contributed by atoms with Crippen LogP contribution in [0.2, 0.25) is 0 Å². The maximum Gasteiger partial charge on any atom is 0.163 e. The van der Waals surface area contributed by atoms with Gasteiger partial charge in [0.05, 0.1) is 11.4 Å². The van der Waals surface area contributed by atoms with Crippen molar-refractivity contribution in [1.82, 2.24) is 0 Å². The molecule has 4 rings (SSSR count). The molecule has 0 bridgehead atoms. The van der Waals surface area contributed by atoms with Gasteiger partial charge in [-0.15, -0.1) is 0 Å². The Morgan fingerprint density at radius 3 is 2.11 bits per heavy atom. The Morgan fingerprint density at radius 1 is 0.750 bits per heavy atom.